The Balaban J connectivity index is 1.24. The number of fused-ring (bicyclic) bond motifs is 2. The highest BCUT2D eigenvalue weighted by molar-refractivity contribution is 6.30. The second kappa shape index (κ2) is 12.5. The number of likely N-dealkylation sites (tertiary alicyclic amines) is 1. The normalized spacial score (nSPS) is 19.3. The highest BCUT2D eigenvalue weighted by Crippen LogP contribution is 2.30. The summed E-state index contributed by atoms with van der Waals surface area (Å²) in [5.74, 6) is -0.621. The van der Waals surface area contributed by atoms with Crippen LogP contribution >= 0.6 is 11.6 Å². The number of nitrogen functional groups attached to an aromatic ring is 1. The van der Waals surface area contributed by atoms with Gasteiger partial charge in [-0.3, -0.25) is 14.5 Å². The number of benzene rings is 3. The first-order chi connectivity index (χ1) is 18.9. The fraction of sp³-hybridized carbons (Fsp3) is 0.290. The van der Waals surface area contributed by atoms with Gasteiger partial charge in [-0.05, 0) is 79.4 Å². The van der Waals surface area contributed by atoms with E-state index < -0.39 is 0 Å². The monoisotopic (exact) mass is 544 g/mol. The van der Waals surface area contributed by atoms with Gasteiger partial charge in [0, 0.05) is 29.4 Å². The maximum absolute atomic E-state index is 13.4. The first-order valence-electron chi connectivity index (χ1n) is 13.3. The summed E-state index contributed by atoms with van der Waals surface area (Å²) >= 11 is 6.01. The molecule has 0 radical (unpaired) electrons. The summed E-state index contributed by atoms with van der Waals surface area (Å²) in [4.78, 5) is 28.2. The molecule has 7 nitrogen and oxygen atoms in total. The Morgan fingerprint density at radius 3 is 2.51 bits per heavy atom. The molecule has 2 bridgehead atoms. The van der Waals surface area contributed by atoms with Crippen molar-refractivity contribution in [2.45, 2.75) is 37.3 Å². The highest BCUT2D eigenvalue weighted by Gasteiger charge is 2.38. The zero-order chi connectivity index (χ0) is 27.2. The van der Waals surface area contributed by atoms with Crippen molar-refractivity contribution in [1.82, 2.24) is 4.90 Å². The van der Waals surface area contributed by atoms with Gasteiger partial charge in [-0.2, -0.15) is 0 Å². The van der Waals surface area contributed by atoms with E-state index in [1.807, 2.05) is 36.4 Å². The van der Waals surface area contributed by atoms with Crippen molar-refractivity contribution in [3.8, 4) is 0 Å². The lowest BCUT2D eigenvalue weighted by Crippen LogP contribution is -2.37. The summed E-state index contributed by atoms with van der Waals surface area (Å²) in [5.41, 5.74) is 9.50. The number of hydrogen-bond donors (Lipinski definition) is 3. The summed E-state index contributed by atoms with van der Waals surface area (Å²) < 4.78 is 5.72. The number of halogens is 1. The molecule has 3 atom stereocenters. The van der Waals surface area contributed by atoms with E-state index in [-0.39, 0.29) is 17.7 Å². The maximum Gasteiger partial charge on any atom is 0.248 e. The van der Waals surface area contributed by atoms with Gasteiger partial charge in [0.05, 0.1) is 30.0 Å². The largest absolute Gasteiger partial charge is 0.397 e. The second-order valence-corrected chi connectivity index (χ2v) is 10.5. The summed E-state index contributed by atoms with van der Waals surface area (Å²) in [6.07, 6.45) is 6.33. The SMILES string of the molecule is Nc1ccccc1NC(=O)/C=C/c1ccc(C(CCCN2C[C@@H]3CC2CO3)C(=O)Nc2ccc(Cl)cc2)cc1. The molecule has 2 heterocycles. The van der Waals surface area contributed by atoms with E-state index in [2.05, 4.69) is 15.5 Å². The number of para-hydroxylation sites is 2. The molecule has 2 fully saturated rings. The minimum atomic E-state index is -0.306. The smallest absolute Gasteiger partial charge is 0.248 e. The van der Waals surface area contributed by atoms with Crippen molar-refractivity contribution < 1.29 is 14.3 Å². The minimum Gasteiger partial charge on any atom is -0.397 e. The quantitative estimate of drug-likeness (QED) is 0.230. The van der Waals surface area contributed by atoms with Crippen LogP contribution in [0.2, 0.25) is 5.02 Å². The second-order valence-electron chi connectivity index (χ2n) is 10.1. The number of rotatable bonds is 10. The van der Waals surface area contributed by atoms with Gasteiger partial charge in [0.15, 0.2) is 0 Å². The van der Waals surface area contributed by atoms with E-state index in [0.29, 0.717) is 34.2 Å². The zero-order valence-electron chi connectivity index (χ0n) is 21.7. The fourth-order valence-corrected chi connectivity index (χ4v) is 5.39. The van der Waals surface area contributed by atoms with Gasteiger partial charge in [-0.1, -0.05) is 48.0 Å². The first-order valence-corrected chi connectivity index (χ1v) is 13.7. The lowest BCUT2D eigenvalue weighted by Gasteiger charge is -2.27. The van der Waals surface area contributed by atoms with E-state index in [1.165, 1.54) is 6.08 Å². The van der Waals surface area contributed by atoms with Gasteiger partial charge in [-0.25, -0.2) is 0 Å². The molecule has 0 saturated carbocycles. The summed E-state index contributed by atoms with van der Waals surface area (Å²) in [7, 11) is 0. The van der Waals surface area contributed by atoms with Crippen molar-refractivity contribution in [2.75, 3.05) is 36.1 Å². The number of amides is 2. The van der Waals surface area contributed by atoms with Crippen LogP contribution in [-0.2, 0) is 14.3 Å². The van der Waals surface area contributed by atoms with Gasteiger partial charge in [0.25, 0.3) is 0 Å². The average molecular weight is 545 g/mol. The van der Waals surface area contributed by atoms with Crippen molar-refractivity contribution in [1.29, 1.82) is 0 Å². The molecule has 3 aromatic rings. The lowest BCUT2D eigenvalue weighted by molar-refractivity contribution is -0.117. The standard InChI is InChI=1S/C31H33ClN4O3/c32-23-12-14-24(15-13-23)34-31(38)27(4-3-17-36-19-26-18-25(36)20-39-26)22-10-7-21(8-11-22)9-16-30(37)35-29-6-2-1-5-28(29)33/h1-2,5-16,25-27H,3-4,17-20,33H2,(H,34,38)(H,35,37)/b16-9+/t25?,26-,27?/m0/s1. The van der Waals surface area contributed by atoms with Crippen LogP contribution in [0.5, 0.6) is 0 Å². The Morgan fingerprint density at radius 2 is 1.82 bits per heavy atom. The van der Waals surface area contributed by atoms with E-state index in [9.17, 15) is 9.59 Å². The third kappa shape index (κ3) is 7.06. The number of carbonyl (C=O) groups excluding carboxylic acids is 2. The predicted octanol–water partition coefficient (Wildman–Crippen LogP) is 5.55. The molecule has 0 aromatic heterocycles. The summed E-state index contributed by atoms with van der Waals surface area (Å²) in [6, 6.07) is 22.6. The number of nitrogens with one attached hydrogen (secondary N) is 2. The highest BCUT2D eigenvalue weighted by atomic mass is 35.5. The number of ether oxygens (including phenoxy) is 1. The minimum absolute atomic E-state index is 0.0493. The molecule has 8 heteroatoms. The van der Waals surface area contributed by atoms with Crippen LogP contribution in [-0.4, -0.2) is 48.6 Å². The van der Waals surface area contributed by atoms with Crippen LogP contribution in [0.15, 0.2) is 78.9 Å². The Bertz CT molecular complexity index is 1330. The van der Waals surface area contributed by atoms with Crippen molar-refractivity contribution in [2.24, 2.45) is 0 Å². The van der Waals surface area contributed by atoms with Gasteiger partial charge in [-0.15, -0.1) is 0 Å². The van der Waals surface area contributed by atoms with Crippen molar-refractivity contribution in [3.63, 3.8) is 0 Å². The number of anilines is 3. The van der Waals surface area contributed by atoms with E-state index in [0.717, 1.165) is 50.1 Å². The molecule has 2 saturated heterocycles. The van der Waals surface area contributed by atoms with E-state index >= 15 is 0 Å². The lowest BCUT2D eigenvalue weighted by atomic mass is 9.92. The Labute approximate surface area is 234 Å². The average Bonchev–Trinajstić information content (AvgIpc) is 3.57. The number of hydrogen-bond acceptors (Lipinski definition) is 5. The van der Waals surface area contributed by atoms with Crippen LogP contribution in [0.1, 0.15) is 36.3 Å². The third-order valence-electron chi connectivity index (χ3n) is 7.36. The van der Waals surface area contributed by atoms with Gasteiger partial charge in [0.1, 0.15) is 0 Å². The summed E-state index contributed by atoms with van der Waals surface area (Å²) in [5, 5.41) is 6.45. The molecule has 2 unspecified atom stereocenters. The molecule has 2 amide bonds. The molecule has 39 heavy (non-hydrogen) atoms. The van der Waals surface area contributed by atoms with Crippen molar-refractivity contribution in [3.05, 3.63) is 95.0 Å². The van der Waals surface area contributed by atoms with Crippen LogP contribution < -0.4 is 16.4 Å². The molecular formula is C31H33ClN4O3. The molecule has 3 aromatic carbocycles. The number of nitrogens with two attached hydrogens (primary N) is 1. The zero-order valence-corrected chi connectivity index (χ0v) is 22.4. The predicted molar refractivity (Wildman–Crippen MR) is 157 cm³/mol. The van der Waals surface area contributed by atoms with Crippen LogP contribution in [0.4, 0.5) is 17.1 Å². The van der Waals surface area contributed by atoms with Gasteiger partial charge in [0.2, 0.25) is 11.8 Å². The fourth-order valence-electron chi connectivity index (χ4n) is 5.26. The molecule has 2 aliphatic heterocycles. The molecule has 4 N–H and O–H groups in total. The molecule has 0 spiro atoms. The van der Waals surface area contributed by atoms with Gasteiger partial charge < -0.3 is 21.1 Å². The van der Waals surface area contributed by atoms with Crippen molar-refractivity contribution >= 4 is 46.6 Å². The molecule has 202 valence electrons. The molecule has 2 aliphatic rings. The Hall–Kier alpha value is -3.65. The molecule has 0 aliphatic carbocycles. The topological polar surface area (TPSA) is 96.7 Å². The van der Waals surface area contributed by atoms with E-state index in [4.69, 9.17) is 22.1 Å². The maximum atomic E-state index is 13.4. The number of nitrogens with zero attached hydrogens (tertiary/aromatic N) is 1. The van der Waals surface area contributed by atoms with E-state index in [1.54, 1.807) is 42.5 Å². The molecular weight excluding hydrogens is 512 g/mol. The molecule has 5 rings (SSSR count). The first kappa shape index (κ1) is 26.9. The van der Waals surface area contributed by atoms with Crippen LogP contribution in [0.3, 0.4) is 0 Å². The third-order valence-corrected chi connectivity index (χ3v) is 7.62. The van der Waals surface area contributed by atoms with Gasteiger partial charge >= 0.3 is 0 Å². The number of carbonyl (C=O) groups is 2. The summed E-state index contributed by atoms with van der Waals surface area (Å²) in [6.45, 7) is 2.76. The Morgan fingerprint density at radius 1 is 1.05 bits per heavy atom. The van der Waals surface area contributed by atoms with Crippen LogP contribution in [0, 0.1) is 0 Å². The number of morpholine rings is 1. The van der Waals surface area contributed by atoms with Crippen LogP contribution in [0.25, 0.3) is 6.08 Å². The Kier molecular flexibility index (Phi) is 8.61.